The highest BCUT2D eigenvalue weighted by Gasteiger charge is 2.25. The lowest BCUT2D eigenvalue weighted by molar-refractivity contribution is -0.384. The minimum absolute atomic E-state index is 0.00463. The quantitative estimate of drug-likeness (QED) is 0.520. The lowest BCUT2D eigenvalue weighted by Crippen LogP contribution is -2.21. The van der Waals surface area contributed by atoms with Gasteiger partial charge in [0.25, 0.3) is 5.69 Å². The fourth-order valence-electron chi connectivity index (χ4n) is 1.62. The molecular weight excluding hydrogens is 198 g/mol. The molecule has 0 aromatic heterocycles. The number of ketones is 1. The average Bonchev–Trinajstić information content (AvgIpc) is 2.23. The number of carbonyl (C=O) groups excluding carboxylic acids is 1. The van der Waals surface area contributed by atoms with Crippen molar-refractivity contribution in [1.29, 1.82) is 0 Å². The standard InChI is InChI=1S/C10H9NO4/c1-6-8-3-2-7(11(13)14)4-9(8)10(12)5-15-6/h2-4,6H,5H2,1H3. The molecule has 0 bridgehead atoms. The fraction of sp³-hybridized carbons (Fsp3) is 0.300. The van der Waals surface area contributed by atoms with Crippen molar-refractivity contribution in [3.05, 3.63) is 39.4 Å². The van der Waals surface area contributed by atoms with E-state index in [2.05, 4.69) is 0 Å². The predicted octanol–water partition coefficient (Wildman–Crippen LogP) is 1.87. The second kappa shape index (κ2) is 3.43. The Kier molecular flexibility index (Phi) is 2.24. The van der Waals surface area contributed by atoms with E-state index in [-0.39, 0.29) is 24.2 Å². The van der Waals surface area contributed by atoms with E-state index in [0.29, 0.717) is 5.56 Å². The van der Waals surface area contributed by atoms with E-state index >= 15 is 0 Å². The number of fused-ring (bicyclic) bond motifs is 1. The number of hydrogen-bond donors (Lipinski definition) is 0. The molecule has 0 saturated heterocycles. The van der Waals surface area contributed by atoms with Crippen LogP contribution in [-0.2, 0) is 4.74 Å². The Labute approximate surface area is 85.8 Å². The van der Waals surface area contributed by atoms with E-state index in [1.165, 1.54) is 12.1 Å². The molecule has 0 N–H and O–H groups in total. The first kappa shape index (κ1) is 9.79. The lowest BCUT2D eigenvalue weighted by Gasteiger charge is -2.21. The van der Waals surface area contributed by atoms with Gasteiger partial charge in [0.05, 0.1) is 11.0 Å². The Morgan fingerprint density at radius 3 is 2.93 bits per heavy atom. The van der Waals surface area contributed by atoms with Crippen LogP contribution in [0.1, 0.15) is 28.9 Å². The number of rotatable bonds is 1. The van der Waals surface area contributed by atoms with Gasteiger partial charge in [-0.15, -0.1) is 0 Å². The third-order valence-electron chi connectivity index (χ3n) is 2.45. The highest BCUT2D eigenvalue weighted by atomic mass is 16.6. The van der Waals surface area contributed by atoms with Crippen molar-refractivity contribution in [2.24, 2.45) is 0 Å². The Morgan fingerprint density at radius 2 is 2.27 bits per heavy atom. The van der Waals surface area contributed by atoms with Crippen molar-refractivity contribution in [3.8, 4) is 0 Å². The van der Waals surface area contributed by atoms with Crippen LogP contribution in [0.3, 0.4) is 0 Å². The lowest BCUT2D eigenvalue weighted by atomic mass is 9.97. The van der Waals surface area contributed by atoms with Crippen LogP contribution in [0.4, 0.5) is 5.69 Å². The normalized spacial score (nSPS) is 19.8. The van der Waals surface area contributed by atoms with Crippen molar-refractivity contribution in [2.45, 2.75) is 13.0 Å². The molecule has 15 heavy (non-hydrogen) atoms. The van der Waals surface area contributed by atoms with Crippen LogP contribution in [0.5, 0.6) is 0 Å². The Hall–Kier alpha value is -1.75. The zero-order valence-corrected chi connectivity index (χ0v) is 8.10. The van der Waals surface area contributed by atoms with Gasteiger partial charge in [0.15, 0.2) is 5.78 Å². The van der Waals surface area contributed by atoms with Gasteiger partial charge >= 0.3 is 0 Å². The van der Waals surface area contributed by atoms with E-state index in [1.54, 1.807) is 6.07 Å². The number of non-ortho nitro benzene ring substituents is 1. The third-order valence-corrected chi connectivity index (χ3v) is 2.45. The molecule has 1 aliphatic heterocycles. The number of hydrogen-bond acceptors (Lipinski definition) is 4. The summed E-state index contributed by atoms with van der Waals surface area (Å²) in [6.07, 6.45) is -0.182. The van der Waals surface area contributed by atoms with Crippen LogP contribution in [0.2, 0.25) is 0 Å². The second-order valence-corrected chi connectivity index (χ2v) is 3.41. The maximum Gasteiger partial charge on any atom is 0.270 e. The van der Waals surface area contributed by atoms with E-state index in [1.807, 2.05) is 6.92 Å². The van der Waals surface area contributed by atoms with E-state index in [0.717, 1.165) is 5.56 Å². The van der Waals surface area contributed by atoms with Crippen LogP contribution in [0.25, 0.3) is 0 Å². The highest BCUT2D eigenvalue weighted by molar-refractivity contribution is 5.99. The maximum atomic E-state index is 11.5. The number of nitrogens with zero attached hydrogens (tertiary/aromatic N) is 1. The first-order valence-electron chi connectivity index (χ1n) is 4.52. The van der Waals surface area contributed by atoms with Crippen LogP contribution in [-0.4, -0.2) is 17.3 Å². The summed E-state index contributed by atoms with van der Waals surface area (Å²) < 4.78 is 5.20. The molecule has 2 rings (SSSR count). The SMILES string of the molecule is CC1OCC(=O)c2cc([N+](=O)[O-])ccc21. The zero-order valence-electron chi connectivity index (χ0n) is 8.10. The summed E-state index contributed by atoms with van der Waals surface area (Å²) in [6.45, 7) is 1.81. The van der Waals surface area contributed by atoms with Gasteiger partial charge in [0.2, 0.25) is 0 Å². The first-order valence-corrected chi connectivity index (χ1v) is 4.52. The van der Waals surface area contributed by atoms with Gasteiger partial charge in [-0.1, -0.05) is 0 Å². The number of nitro groups is 1. The molecule has 0 aliphatic carbocycles. The molecule has 1 aliphatic rings. The topological polar surface area (TPSA) is 69.4 Å². The van der Waals surface area contributed by atoms with Crippen molar-refractivity contribution in [1.82, 2.24) is 0 Å². The van der Waals surface area contributed by atoms with Crippen molar-refractivity contribution in [3.63, 3.8) is 0 Å². The Morgan fingerprint density at radius 1 is 1.53 bits per heavy atom. The summed E-state index contributed by atoms with van der Waals surface area (Å²) in [6, 6.07) is 4.28. The molecule has 1 heterocycles. The zero-order chi connectivity index (χ0) is 11.0. The molecule has 1 aromatic rings. The predicted molar refractivity (Wildman–Crippen MR) is 51.8 cm³/mol. The van der Waals surface area contributed by atoms with E-state index in [4.69, 9.17) is 4.74 Å². The second-order valence-electron chi connectivity index (χ2n) is 3.41. The third kappa shape index (κ3) is 1.61. The molecule has 0 radical (unpaired) electrons. The molecule has 0 spiro atoms. The monoisotopic (exact) mass is 207 g/mol. The van der Waals surface area contributed by atoms with Gasteiger partial charge in [0.1, 0.15) is 6.61 Å². The number of ether oxygens (including phenoxy) is 1. The minimum Gasteiger partial charge on any atom is -0.366 e. The van der Waals surface area contributed by atoms with Gasteiger partial charge in [-0.2, -0.15) is 0 Å². The molecule has 1 atom stereocenters. The Balaban J connectivity index is 2.54. The molecule has 5 nitrogen and oxygen atoms in total. The largest absolute Gasteiger partial charge is 0.366 e. The van der Waals surface area contributed by atoms with Crippen LogP contribution < -0.4 is 0 Å². The summed E-state index contributed by atoms with van der Waals surface area (Å²) in [7, 11) is 0. The summed E-state index contributed by atoms with van der Waals surface area (Å²) in [5.41, 5.74) is 1.07. The summed E-state index contributed by atoms with van der Waals surface area (Å²) in [4.78, 5) is 21.5. The minimum atomic E-state index is -0.506. The number of benzene rings is 1. The number of Topliss-reactive ketones (excluding diaryl/α,β-unsaturated/α-hetero) is 1. The summed E-state index contributed by atoms with van der Waals surface area (Å²) >= 11 is 0. The van der Waals surface area contributed by atoms with Crippen LogP contribution in [0, 0.1) is 10.1 Å². The average molecular weight is 207 g/mol. The number of nitro benzene ring substituents is 1. The Bertz CT molecular complexity index is 441. The van der Waals surface area contributed by atoms with Gasteiger partial charge < -0.3 is 4.74 Å². The van der Waals surface area contributed by atoms with Crippen molar-refractivity contribution in [2.75, 3.05) is 6.61 Å². The van der Waals surface area contributed by atoms with Gasteiger partial charge in [0, 0.05) is 17.7 Å². The van der Waals surface area contributed by atoms with Gasteiger partial charge in [-0.25, -0.2) is 0 Å². The number of carbonyl (C=O) groups is 1. The van der Waals surface area contributed by atoms with E-state index < -0.39 is 4.92 Å². The van der Waals surface area contributed by atoms with Crippen molar-refractivity contribution >= 4 is 11.5 Å². The van der Waals surface area contributed by atoms with E-state index in [9.17, 15) is 14.9 Å². The molecule has 5 heteroatoms. The molecule has 1 aromatic carbocycles. The van der Waals surface area contributed by atoms with Crippen LogP contribution in [0.15, 0.2) is 18.2 Å². The van der Waals surface area contributed by atoms with Gasteiger partial charge in [-0.3, -0.25) is 14.9 Å². The van der Waals surface area contributed by atoms with Gasteiger partial charge in [-0.05, 0) is 18.6 Å². The molecule has 78 valence electrons. The molecule has 0 saturated carbocycles. The first-order chi connectivity index (χ1) is 7.09. The maximum absolute atomic E-state index is 11.5. The smallest absolute Gasteiger partial charge is 0.270 e. The molecular formula is C10H9NO4. The van der Waals surface area contributed by atoms with Crippen molar-refractivity contribution < 1.29 is 14.5 Å². The fourth-order valence-corrected chi connectivity index (χ4v) is 1.62. The highest BCUT2D eigenvalue weighted by Crippen LogP contribution is 2.29. The van der Waals surface area contributed by atoms with Crippen LogP contribution >= 0.6 is 0 Å². The molecule has 0 fully saturated rings. The molecule has 1 unspecified atom stereocenters. The molecule has 0 amide bonds. The summed E-state index contributed by atoms with van der Waals surface area (Å²) in [5.74, 6) is -0.202. The summed E-state index contributed by atoms with van der Waals surface area (Å²) in [5, 5.41) is 10.5.